The fourth-order valence-corrected chi connectivity index (χ4v) is 0.956. The van der Waals surface area contributed by atoms with E-state index in [4.69, 9.17) is 5.26 Å². The molecular formula is C8H5F3N2. The molecule has 2 nitrogen and oxygen atoms in total. The van der Waals surface area contributed by atoms with Crippen LogP contribution in [0.2, 0.25) is 0 Å². The van der Waals surface area contributed by atoms with Crippen LogP contribution in [-0.2, 0) is 6.18 Å². The highest BCUT2D eigenvalue weighted by atomic mass is 19.4. The summed E-state index contributed by atoms with van der Waals surface area (Å²) in [5, 5.41) is 8.43. The molecule has 0 saturated carbocycles. The molecule has 0 fully saturated rings. The minimum absolute atomic E-state index is 0.127. The summed E-state index contributed by atoms with van der Waals surface area (Å²) in [5.41, 5.74) is -1.12. The van der Waals surface area contributed by atoms with Gasteiger partial charge in [-0.25, -0.2) is 4.98 Å². The average molecular weight is 186 g/mol. The lowest BCUT2D eigenvalue weighted by molar-refractivity contribution is -0.138. The highest BCUT2D eigenvalue weighted by molar-refractivity contribution is 5.37. The van der Waals surface area contributed by atoms with Crippen molar-refractivity contribution in [3.05, 3.63) is 29.1 Å². The first-order valence-corrected chi connectivity index (χ1v) is 3.39. The Morgan fingerprint density at radius 3 is 2.54 bits per heavy atom. The molecule has 13 heavy (non-hydrogen) atoms. The van der Waals surface area contributed by atoms with Gasteiger partial charge in [-0.15, -0.1) is 0 Å². The predicted octanol–water partition coefficient (Wildman–Crippen LogP) is 2.28. The molecule has 0 atom stereocenters. The number of halogens is 3. The van der Waals surface area contributed by atoms with Crippen molar-refractivity contribution in [2.24, 2.45) is 0 Å². The van der Waals surface area contributed by atoms with Crippen LogP contribution < -0.4 is 0 Å². The first kappa shape index (κ1) is 9.52. The summed E-state index contributed by atoms with van der Waals surface area (Å²) in [6.45, 7) is 1.23. The van der Waals surface area contributed by atoms with E-state index in [1.807, 2.05) is 0 Å². The van der Waals surface area contributed by atoms with Crippen LogP contribution in [0.25, 0.3) is 0 Å². The van der Waals surface area contributed by atoms with E-state index in [2.05, 4.69) is 4.98 Å². The maximum atomic E-state index is 12.2. The van der Waals surface area contributed by atoms with Gasteiger partial charge in [-0.1, -0.05) is 0 Å². The smallest absolute Gasteiger partial charge is 0.245 e. The number of rotatable bonds is 0. The van der Waals surface area contributed by atoms with Crippen LogP contribution in [0.4, 0.5) is 13.2 Å². The lowest BCUT2D eigenvalue weighted by atomic mass is 10.1. The predicted molar refractivity (Wildman–Crippen MR) is 38.7 cm³/mol. The molecule has 0 aliphatic carbocycles. The standard InChI is InChI=1S/C8H5F3N2/c1-5-6(8(9,10)11)2-3-13-7(5)4-12/h2-3H,1H3. The van der Waals surface area contributed by atoms with Gasteiger partial charge in [0, 0.05) is 6.20 Å². The van der Waals surface area contributed by atoms with Crippen LogP contribution in [0.15, 0.2) is 12.3 Å². The van der Waals surface area contributed by atoms with Crippen molar-refractivity contribution in [2.45, 2.75) is 13.1 Å². The second-order valence-electron chi connectivity index (χ2n) is 2.44. The Kier molecular flexibility index (Phi) is 2.24. The van der Waals surface area contributed by atoms with Gasteiger partial charge < -0.3 is 0 Å². The van der Waals surface area contributed by atoms with Gasteiger partial charge >= 0.3 is 6.18 Å². The van der Waals surface area contributed by atoms with Gasteiger partial charge in [-0.05, 0) is 18.6 Å². The summed E-state index contributed by atoms with van der Waals surface area (Å²) in [5.74, 6) is 0. The molecule has 1 aromatic rings. The molecule has 5 heteroatoms. The molecule has 0 saturated heterocycles. The molecule has 68 valence electrons. The van der Waals surface area contributed by atoms with Gasteiger partial charge in [0.25, 0.3) is 0 Å². The van der Waals surface area contributed by atoms with E-state index in [0.29, 0.717) is 0 Å². The molecule has 0 aromatic carbocycles. The molecule has 0 aliphatic rings. The monoisotopic (exact) mass is 186 g/mol. The summed E-state index contributed by atoms with van der Waals surface area (Å²) in [6.07, 6.45) is -3.44. The fourth-order valence-electron chi connectivity index (χ4n) is 0.956. The van der Waals surface area contributed by atoms with E-state index in [0.717, 1.165) is 12.3 Å². The van der Waals surface area contributed by atoms with Gasteiger partial charge in [0.05, 0.1) is 5.56 Å². The molecular weight excluding hydrogens is 181 g/mol. The van der Waals surface area contributed by atoms with Crippen molar-refractivity contribution in [3.8, 4) is 6.07 Å². The van der Waals surface area contributed by atoms with Gasteiger partial charge in [0.15, 0.2) is 0 Å². The highest BCUT2D eigenvalue weighted by Gasteiger charge is 2.33. The molecule has 0 spiro atoms. The van der Waals surface area contributed by atoms with Gasteiger partial charge in [0.2, 0.25) is 0 Å². The quantitative estimate of drug-likeness (QED) is 0.623. The zero-order valence-electron chi connectivity index (χ0n) is 6.68. The normalized spacial score (nSPS) is 11.0. The summed E-state index contributed by atoms with van der Waals surface area (Å²) in [6, 6.07) is 2.45. The Balaban J connectivity index is 3.34. The number of hydrogen-bond acceptors (Lipinski definition) is 2. The number of pyridine rings is 1. The Morgan fingerprint density at radius 2 is 2.08 bits per heavy atom. The SMILES string of the molecule is Cc1c(C(F)(F)F)ccnc1C#N. The van der Waals surface area contributed by atoms with Crippen molar-refractivity contribution in [1.29, 1.82) is 5.26 Å². The Morgan fingerprint density at radius 1 is 1.46 bits per heavy atom. The zero-order chi connectivity index (χ0) is 10.1. The molecule has 0 N–H and O–H groups in total. The molecule has 0 amide bonds. The third-order valence-electron chi connectivity index (χ3n) is 1.62. The summed E-state index contributed by atoms with van der Waals surface area (Å²) in [4.78, 5) is 3.51. The van der Waals surface area contributed by atoms with Crippen molar-refractivity contribution < 1.29 is 13.2 Å². The molecule has 0 radical (unpaired) electrons. The van der Waals surface area contributed by atoms with Crippen LogP contribution in [0.1, 0.15) is 16.8 Å². The molecule has 0 bridgehead atoms. The molecule has 0 aliphatic heterocycles. The summed E-state index contributed by atoms with van der Waals surface area (Å²) >= 11 is 0. The molecule has 0 unspecified atom stereocenters. The van der Waals surface area contributed by atoms with Crippen LogP contribution in [0, 0.1) is 18.3 Å². The third-order valence-corrected chi connectivity index (χ3v) is 1.62. The number of nitriles is 1. The number of hydrogen-bond donors (Lipinski definition) is 0. The Bertz CT molecular complexity index is 363. The van der Waals surface area contributed by atoms with Crippen molar-refractivity contribution in [2.75, 3.05) is 0 Å². The molecule has 1 heterocycles. The first-order valence-electron chi connectivity index (χ1n) is 3.39. The maximum Gasteiger partial charge on any atom is 0.416 e. The summed E-state index contributed by atoms with van der Waals surface area (Å²) < 4.78 is 36.7. The number of aromatic nitrogens is 1. The average Bonchev–Trinajstić information content (AvgIpc) is 2.02. The second-order valence-corrected chi connectivity index (χ2v) is 2.44. The molecule has 1 aromatic heterocycles. The van der Waals surface area contributed by atoms with Crippen molar-refractivity contribution >= 4 is 0 Å². The van der Waals surface area contributed by atoms with Crippen LogP contribution in [0.5, 0.6) is 0 Å². The van der Waals surface area contributed by atoms with E-state index in [9.17, 15) is 13.2 Å². The maximum absolute atomic E-state index is 12.2. The highest BCUT2D eigenvalue weighted by Crippen LogP contribution is 2.31. The van der Waals surface area contributed by atoms with E-state index < -0.39 is 11.7 Å². The molecule has 1 rings (SSSR count). The minimum atomic E-state index is -4.42. The van der Waals surface area contributed by atoms with E-state index in [1.165, 1.54) is 6.92 Å². The van der Waals surface area contributed by atoms with Crippen molar-refractivity contribution in [3.63, 3.8) is 0 Å². The number of nitrogens with zero attached hydrogens (tertiary/aromatic N) is 2. The van der Waals surface area contributed by atoms with Crippen LogP contribution >= 0.6 is 0 Å². The van der Waals surface area contributed by atoms with Crippen molar-refractivity contribution in [1.82, 2.24) is 4.98 Å². The largest absolute Gasteiger partial charge is 0.416 e. The van der Waals surface area contributed by atoms with Crippen LogP contribution in [-0.4, -0.2) is 4.98 Å². The Hall–Kier alpha value is -1.57. The second kappa shape index (κ2) is 3.05. The Labute approximate surface area is 72.6 Å². The number of alkyl halides is 3. The van der Waals surface area contributed by atoms with Gasteiger partial charge in [0.1, 0.15) is 11.8 Å². The minimum Gasteiger partial charge on any atom is -0.245 e. The van der Waals surface area contributed by atoms with Gasteiger partial charge in [-0.2, -0.15) is 18.4 Å². The van der Waals surface area contributed by atoms with E-state index >= 15 is 0 Å². The summed E-state index contributed by atoms with van der Waals surface area (Å²) in [7, 11) is 0. The van der Waals surface area contributed by atoms with Gasteiger partial charge in [-0.3, -0.25) is 0 Å². The fraction of sp³-hybridized carbons (Fsp3) is 0.250. The lowest BCUT2D eigenvalue weighted by Gasteiger charge is -2.09. The van der Waals surface area contributed by atoms with E-state index in [-0.39, 0.29) is 11.3 Å². The van der Waals surface area contributed by atoms with E-state index in [1.54, 1.807) is 6.07 Å². The van der Waals surface area contributed by atoms with Crippen LogP contribution in [0.3, 0.4) is 0 Å². The topological polar surface area (TPSA) is 36.7 Å². The first-order chi connectivity index (χ1) is 5.96. The zero-order valence-corrected chi connectivity index (χ0v) is 6.68. The third kappa shape index (κ3) is 1.78. The lowest BCUT2D eigenvalue weighted by Crippen LogP contribution is -2.09.